The zero-order chi connectivity index (χ0) is 12.9. The maximum absolute atomic E-state index is 6.01. The first-order chi connectivity index (χ1) is 9.42. The van der Waals surface area contributed by atoms with Crippen LogP contribution in [0.3, 0.4) is 0 Å². The zero-order valence-corrected chi connectivity index (χ0v) is 11.0. The van der Waals surface area contributed by atoms with E-state index >= 15 is 0 Å². The van der Waals surface area contributed by atoms with E-state index in [1.54, 1.807) is 0 Å². The van der Waals surface area contributed by atoms with Gasteiger partial charge in [-0.25, -0.2) is 0 Å². The SMILES string of the molecule is [c]1ccc(N2CCC(Oc3ccccc3)CC2)cc1. The van der Waals surface area contributed by atoms with Crippen LogP contribution in [0.4, 0.5) is 5.69 Å². The van der Waals surface area contributed by atoms with Gasteiger partial charge in [0.15, 0.2) is 0 Å². The molecule has 1 aliphatic heterocycles. The first-order valence-electron chi connectivity index (χ1n) is 6.84. The van der Waals surface area contributed by atoms with Gasteiger partial charge in [-0.05, 0) is 30.3 Å². The molecule has 0 atom stereocenters. The summed E-state index contributed by atoms with van der Waals surface area (Å²) in [4.78, 5) is 2.42. The molecule has 2 heteroatoms. The molecule has 1 fully saturated rings. The third kappa shape index (κ3) is 3.08. The van der Waals surface area contributed by atoms with Crippen LogP contribution in [0, 0.1) is 6.07 Å². The summed E-state index contributed by atoms with van der Waals surface area (Å²) in [7, 11) is 0. The molecular weight excluding hydrogens is 234 g/mol. The summed E-state index contributed by atoms with van der Waals surface area (Å²) in [6.07, 6.45) is 2.50. The fraction of sp³-hybridized carbons (Fsp3) is 0.294. The molecule has 19 heavy (non-hydrogen) atoms. The molecule has 1 heterocycles. The van der Waals surface area contributed by atoms with Gasteiger partial charge in [0.05, 0.1) is 0 Å². The van der Waals surface area contributed by atoms with Gasteiger partial charge >= 0.3 is 0 Å². The van der Waals surface area contributed by atoms with Gasteiger partial charge in [-0.3, -0.25) is 0 Å². The molecule has 2 nitrogen and oxygen atoms in total. The average Bonchev–Trinajstić information content (AvgIpc) is 2.50. The Morgan fingerprint density at radius 1 is 0.947 bits per heavy atom. The molecule has 0 unspecified atom stereocenters. The third-order valence-corrected chi connectivity index (χ3v) is 3.55. The molecule has 0 N–H and O–H groups in total. The van der Waals surface area contributed by atoms with Crippen LogP contribution < -0.4 is 9.64 Å². The highest BCUT2D eigenvalue weighted by Crippen LogP contribution is 2.22. The van der Waals surface area contributed by atoms with Crippen LogP contribution in [0.1, 0.15) is 12.8 Å². The summed E-state index contributed by atoms with van der Waals surface area (Å²) in [5.74, 6) is 0.982. The highest BCUT2D eigenvalue weighted by atomic mass is 16.5. The van der Waals surface area contributed by atoms with Gasteiger partial charge in [0.2, 0.25) is 0 Å². The lowest BCUT2D eigenvalue weighted by atomic mass is 10.1. The number of rotatable bonds is 3. The summed E-state index contributed by atoms with van der Waals surface area (Å²) in [5, 5.41) is 0. The molecule has 3 rings (SSSR count). The van der Waals surface area contributed by atoms with Gasteiger partial charge in [-0.15, -0.1) is 0 Å². The van der Waals surface area contributed by atoms with E-state index in [1.807, 2.05) is 42.5 Å². The zero-order valence-electron chi connectivity index (χ0n) is 11.0. The topological polar surface area (TPSA) is 12.5 Å². The van der Waals surface area contributed by atoms with Crippen LogP contribution in [-0.2, 0) is 0 Å². The number of hydrogen-bond donors (Lipinski definition) is 0. The minimum atomic E-state index is 0.342. The Kier molecular flexibility index (Phi) is 3.68. The van der Waals surface area contributed by atoms with Crippen LogP contribution in [0.15, 0.2) is 54.6 Å². The first kappa shape index (κ1) is 12.1. The molecule has 0 aliphatic carbocycles. The minimum Gasteiger partial charge on any atom is -0.490 e. The highest BCUT2D eigenvalue weighted by molar-refractivity contribution is 5.46. The maximum Gasteiger partial charge on any atom is 0.119 e. The van der Waals surface area contributed by atoms with Gasteiger partial charge in [0, 0.05) is 31.6 Å². The quantitative estimate of drug-likeness (QED) is 0.828. The van der Waals surface area contributed by atoms with E-state index in [9.17, 15) is 0 Å². The molecule has 0 spiro atoms. The summed E-state index contributed by atoms with van der Waals surface area (Å²) in [6, 6.07) is 21.4. The van der Waals surface area contributed by atoms with E-state index in [0.29, 0.717) is 6.10 Å². The molecule has 0 bridgehead atoms. The molecule has 0 aromatic heterocycles. The van der Waals surface area contributed by atoms with Crippen LogP contribution >= 0.6 is 0 Å². The second kappa shape index (κ2) is 5.79. The van der Waals surface area contributed by atoms with Gasteiger partial charge in [0.25, 0.3) is 0 Å². The van der Waals surface area contributed by atoms with E-state index in [4.69, 9.17) is 4.74 Å². The number of hydrogen-bond acceptors (Lipinski definition) is 2. The van der Waals surface area contributed by atoms with E-state index in [2.05, 4.69) is 23.1 Å². The minimum absolute atomic E-state index is 0.342. The number of benzene rings is 2. The van der Waals surface area contributed by atoms with Crippen LogP contribution in [-0.4, -0.2) is 19.2 Å². The standard InChI is InChI=1S/C17H18NO/c1-3-7-15(8-4-1)18-13-11-17(12-14-18)19-16-9-5-2-6-10-16/h2-10,17H,11-14H2. The Balaban J connectivity index is 1.55. The molecular formula is C17H18NO. The predicted molar refractivity (Wildman–Crippen MR) is 77.6 cm³/mol. The summed E-state index contributed by atoms with van der Waals surface area (Å²) in [5.41, 5.74) is 1.29. The van der Waals surface area contributed by atoms with Crippen LogP contribution in [0.25, 0.3) is 0 Å². The van der Waals surface area contributed by atoms with Gasteiger partial charge in [0.1, 0.15) is 11.9 Å². The number of ether oxygens (including phenoxy) is 1. The summed E-state index contributed by atoms with van der Waals surface area (Å²) < 4.78 is 6.01. The lowest BCUT2D eigenvalue weighted by Gasteiger charge is -2.33. The molecule has 1 saturated heterocycles. The molecule has 0 amide bonds. The number of para-hydroxylation sites is 1. The van der Waals surface area contributed by atoms with Crippen molar-refractivity contribution in [2.75, 3.05) is 18.0 Å². The number of nitrogens with zero attached hydrogens (tertiary/aromatic N) is 1. The number of piperidine rings is 1. The van der Waals surface area contributed by atoms with E-state index in [0.717, 1.165) is 31.7 Å². The fourth-order valence-electron chi connectivity index (χ4n) is 2.51. The normalized spacial score (nSPS) is 16.3. The Labute approximate surface area is 114 Å². The van der Waals surface area contributed by atoms with Crippen molar-refractivity contribution in [3.05, 3.63) is 60.7 Å². The fourth-order valence-corrected chi connectivity index (χ4v) is 2.51. The Hall–Kier alpha value is -1.96. The van der Waals surface area contributed by atoms with Crippen molar-refractivity contribution in [3.63, 3.8) is 0 Å². The summed E-state index contributed by atoms with van der Waals surface area (Å²) in [6.45, 7) is 2.11. The summed E-state index contributed by atoms with van der Waals surface area (Å²) >= 11 is 0. The second-order valence-corrected chi connectivity index (χ2v) is 4.88. The van der Waals surface area contributed by atoms with Crippen molar-refractivity contribution in [2.45, 2.75) is 18.9 Å². The largest absolute Gasteiger partial charge is 0.490 e. The Morgan fingerprint density at radius 2 is 1.63 bits per heavy atom. The number of anilines is 1. The van der Waals surface area contributed by atoms with Crippen molar-refractivity contribution < 1.29 is 4.74 Å². The lowest BCUT2D eigenvalue weighted by molar-refractivity contribution is 0.171. The van der Waals surface area contributed by atoms with Crippen LogP contribution in [0.5, 0.6) is 5.75 Å². The van der Waals surface area contributed by atoms with Gasteiger partial charge in [-0.1, -0.05) is 30.3 Å². The molecule has 0 saturated carbocycles. The predicted octanol–water partition coefficient (Wildman–Crippen LogP) is 3.53. The van der Waals surface area contributed by atoms with Crippen molar-refractivity contribution >= 4 is 5.69 Å². The molecule has 1 aliphatic rings. The molecule has 1 radical (unpaired) electrons. The Morgan fingerprint density at radius 3 is 2.32 bits per heavy atom. The van der Waals surface area contributed by atoms with Gasteiger partial charge < -0.3 is 9.64 Å². The van der Waals surface area contributed by atoms with Crippen molar-refractivity contribution in [2.24, 2.45) is 0 Å². The highest BCUT2D eigenvalue weighted by Gasteiger charge is 2.20. The first-order valence-corrected chi connectivity index (χ1v) is 6.84. The Bertz CT molecular complexity index is 489. The van der Waals surface area contributed by atoms with Gasteiger partial charge in [-0.2, -0.15) is 0 Å². The van der Waals surface area contributed by atoms with Crippen molar-refractivity contribution in [1.82, 2.24) is 0 Å². The third-order valence-electron chi connectivity index (χ3n) is 3.55. The van der Waals surface area contributed by atoms with Crippen molar-refractivity contribution in [3.8, 4) is 5.75 Å². The van der Waals surface area contributed by atoms with E-state index < -0.39 is 0 Å². The lowest BCUT2D eigenvalue weighted by Crippen LogP contribution is -2.38. The molecule has 2 aromatic rings. The maximum atomic E-state index is 6.01. The smallest absolute Gasteiger partial charge is 0.119 e. The average molecular weight is 252 g/mol. The van der Waals surface area contributed by atoms with Crippen LogP contribution in [0.2, 0.25) is 0 Å². The van der Waals surface area contributed by atoms with E-state index in [-0.39, 0.29) is 0 Å². The molecule has 97 valence electrons. The monoisotopic (exact) mass is 252 g/mol. The second-order valence-electron chi connectivity index (χ2n) is 4.88. The van der Waals surface area contributed by atoms with Crippen molar-refractivity contribution in [1.29, 1.82) is 0 Å². The van der Waals surface area contributed by atoms with E-state index in [1.165, 1.54) is 5.69 Å². The molecule has 2 aromatic carbocycles.